The molecule has 0 aliphatic carbocycles. The van der Waals surface area contributed by atoms with Crippen molar-refractivity contribution in [1.29, 1.82) is 0 Å². The van der Waals surface area contributed by atoms with Gasteiger partial charge in [-0.2, -0.15) is 0 Å². The van der Waals surface area contributed by atoms with Crippen molar-refractivity contribution in [2.75, 3.05) is 27.8 Å². The maximum atomic E-state index is 14.3. The number of hydrogen-bond acceptors (Lipinski definition) is 15. The number of carbonyl (C=O) groups is 3. The lowest BCUT2D eigenvalue weighted by molar-refractivity contribution is -0.320. The first kappa shape index (κ1) is 47.7. The summed E-state index contributed by atoms with van der Waals surface area (Å²) < 4.78 is 44.2. The van der Waals surface area contributed by atoms with Crippen LogP contribution in [0.2, 0.25) is 0 Å². The van der Waals surface area contributed by atoms with E-state index in [0.717, 1.165) is 0 Å². The van der Waals surface area contributed by atoms with Gasteiger partial charge in [0.15, 0.2) is 18.4 Å². The first-order valence-electron chi connectivity index (χ1n) is 19.8. The number of carbonyl (C=O) groups excluding carboxylic acids is 3. The summed E-state index contributed by atoms with van der Waals surface area (Å²) in [5, 5.41) is 45.8. The van der Waals surface area contributed by atoms with Gasteiger partial charge in [-0.1, -0.05) is 27.7 Å². The lowest BCUT2D eigenvalue weighted by Crippen LogP contribution is -2.61. The van der Waals surface area contributed by atoms with E-state index in [1.165, 1.54) is 27.9 Å². The maximum absolute atomic E-state index is 14.3. The SMILES string of the molecule is CC[C@H]1OC(=O)[C@H](C)[C@@H](O[C@H]2C[C@@](C)(OC)[C@@H](O)[C@H](C)O2)[C@H](C)[C@@H](O[C@@H]2O[C@H](C)C[C@H](N(C)C)[C@H]2O)[C@@](C)(OCC(C)=O)C[C@@H](C)C(=O)[C@H](C)[C@@H](O)[C@]1(C)O. The maximum Gasteiger partial charge on any atom is 0.311 e. The number of likely N-dealkylation sites (N-methyl/N-ethyl adjacent to an activating group) is 1. The van der Waals surface area contributed by atoms with Crippen LogP contribution in [-0.4, -0.2) is 155 Å². The number of hydrogen-bond donors (Lipinski definition) is 4. The summed E-state index contributed by atoms with van der Waals surface area (Å²) in [4.78, 5) is 42.8. The molecule has 3 aliphatic rings. The highest BCUT2D eigenvalue weighted by Gasteiger charge is 2.54. The molecule has 0 bridgehead atoms. The van der Waals surface area contributed by atoms with Crippen molar-refractivity contribution in [2.24, 2.45) is 23.7 Å². The van der Waals surface area contributed by atoms with E-state index in [1.54, 1.807) is 48.5 Å². The van der Waals surface area contributed by atoms with E-state index in [0.29, 0.717) is 6.42 Å². The van der Waals surface area contributed by atoms with E-state index in [4.69, 9.17) is 33.2 Å². The van der Waals surface area contributed by atoms with Gasteiger partial charge in [0.1, 0.15) is 36.3 Å². The van der Waals surface area contributed by atoms with Crippen molar-refractivity contribution < 1.29 is 68.0 Å². The molecule has 320 valence electrons. The van der Waals surface area contributed by atoms with Gasteiger partial charge < -0.3 is 58.5 Å². The van der Waals surface area contributed by atoms with Gasteiger partial charge >= 0.3 is 5.97 Å². The quantitative estimate of drug-likeness (QED) is 0.235. The summed E-state index contributed by atoms with van der Waals surface area (Å²) >= 11 is 0. The first-order valence-corrected chi connectivity index (χ1v) is 19.8. The summed E-state index contributed by atoms with van der Waals surface area (Å²) in [6.07, 6.45) is -9.71. The highest BCUT2D eigenvalue weighted by Crippen LogP contribution is 2.42. The second kappa shape index (κ2) is 19.0. The monoisotopic (exact) mass is 789 g/mol. The molecule has 15 nitrogen and oxygen atoms in total. The molecule has 18 atom stereocenters. The third-order valence-corrected chi connectivity index (χ3v) is 12.4. The minimum absolute atomic E-state index is 0.0313. The fraction of sp³-hybridized carbons (Fsp3) is 0.925. The summed E-state index contributed by atoms with van der Waals surface area (Å²) in [6.45, 7) is 17.7. The van der Waals surface area contributed by atoms with E-state index < -0.39 is 108 Å². The molecular weight excluding hydrogens is 718 g/mol. The molecule has 0 amide bonds. The van der Waals surface area contributed by atoms with Crippen LogP contribution in [0.5, 0.6) is 0 Å². The summed E-state index contributed by atoms with van der Waals surface area (Å²) in [5.41, 5.74) is -4.57. The molecule has 3 saturated heterocycles. The van der Waals surface area contributed by atoms with Crippen LogP contribution in [0.15, 0.2) is 0 Å². The fourth-order valence-corrected chi connectivity index (χ4v) is 8.79. The zero-order chi connectivity index (χ0) is 42.0. The van der Waals surface area contributed by atoms with Gasteiger partial charge in [-0.05, 0) is 81.8 Å². The number of aliphatic hydroxyl groups is 4. The average Bonchev–Trinajstić information content (AvgIpc) is 3.11. The Morgan fingerprint density at radius 2 is 1.53 bits per heavy atom. The molecule has 0 aromatic rings. The number of aliphatic hydroxyl groups excluding tert-OH is 3. The van der Waals surface area contributed by atoms with Gasteiger partial charge in [0.25, 0.3) is 0 Å². The molecule has 0 aromatic carbocycles. The highest BCUT2D eigenvalue weighted by molar-refractivity contribution is 5.83. The second-order valence-electron chi connectivity index (χ2n) is 17.4. The number of Topliss-reactive ketones (excluding diaryl/α,β-unsaturated/α-hetero) is 2. The van der Waals surface area contributed by atoms with Crippen LogP contribution in [-0.2, 0) is 47.5 Å². The number of cyclic esters (lactones) is 1. The van der Waals surface area contributed by atoms with Crippen molar-refractivity contribution in [2.45, 2.75) is 186 Å². The molecule has 55 heavy (non-hydrogen) atoms. The van der Waals surface area contributed by atoms with Crippen LogP contribution in [0.25, 0.3) is 0 Å². The predicted octanol–water partition coefficient (Wildman–Crippen LogP) is 2.40. The highest BCUT2D eigenvalue weighted by atomic mass is 16.7. The van der Waals surface area contributed by atoms with E-state index in [1.807, 2.05) is 25.9 Å². The Balaban J connectivity index is 2.29. The molecule has 0 saturated carbocycles. The van der Waals surface area contributed by atoms with E-state index in [2.05, 4.69) is 0 Å². The molecule has 0 spiro atoms. The number of ketones is 2. The number of ether oxygens (including phenoxy) is 7. The number of esters is 1. The molecular formula is C40H71NO14. The van der Waals surface area contributed by atoms with Crippen LogP contribution in [0, 0.1) is 23.7 Å². The zero-order valence-electron chi connectivity index (χ0n) is 35.5. The number of nitrogens with zero attached hydrogens (tertiary/aromatic N) is 1. The normalized spacial score (nSPS) is 46.9. The van der Waals surface area contributed by atoms with Crippen molar-refractivity contribution in [3.05, 3.63) is 0 Å². The smallest absolute Gasteiger partial charge is 0.311 e. The Kier molecular flexibility index (Phi) is 16.5. The molecule has 4 N–H and O–H groups in total. The Morgan fingerprint density at radius 3 is 2.07 bits per heavy atom. The third-order valence-electron chi connectivity index (χ3n) is 12.4. The molecule has 15 heteroatoms. The standard InChI is InChI=1S/C40H71NO14/c1-15-28-40(11,48)33(45)23(5)30(43)20(2)17-39(10,50-19-21(3)42)35(55-37-31(44)27(41(12)13)16-22(4)51-37)24(6)32(25(7)36(47)53-28)54-29-18-38(9,49-14)34(46)26(8)52-29/h20,22-29,31-35,37,44-46,48H,15-19H2,1-14H3/t20-,22-,23+,24+,25-,26+,27+,28-,29+,31-,32+,33-,34+,35-,37+,38-,39+,40-/m1/s1. The lowest BCUT2D eigenvalue weighted by atomic mass is 9.73. The molecule has 0 unspecified atom stereocenters. The fourth-order valence-electron chi connectivity index (χ4n) is 8.79. The minimum Gasteiger partial charge on any atom is -0.459 e. The van der Waals surface area contributed by atoms with E-state index in [-0.39, 0.29) is 43.8 Å². The van der Waals surface area contributed by atoms with Gasteiger partial charge in [0.2, 0.25) is 0 Å². The predicted molar refractivity (Wildman–Crippen MR) is 201 cm³/mol. The van der Waals surface area contributed by atoms with Crippen molar-refractivity contribution >= 4 is 17.5 Å². The van der Waals surface area contributed by atoms with Gasteiger partial charge in [0.05, 0.1) is 47.6 Å². The Labute approximate surface area is 327 Å². The Morgan fingerprint density at radius 1 is 0.909 bits per heavy atom. The van der Waals surface area contributed by atoms with Crippen LogP contribution in [0.1, 0.15) is 102 Å². The molecule has 3 aliphatic heterocycles. The third kappa shape index (κ3) is 10.7. The van der Waals surface area contributed by atoms with Crippen molar-refractivity contribution in [3.8, 4) is 0 Å². The molecule has 3 heterocycles. The van der Waals surface area contributed by atoms with Gasteiger partial charge in [-0.25, -0.2) is 0 Å². The van der Waals surface area contributed by atoms with E-state index >= 15 is 0 Å². The number of methoxy groups -OCH3 is 1. The molecule has 3 fully saturated rings. The van der Waals surface area contributed by atoms with Crippen LogP contribution >= 0.6 is 0 Å². The topological polar surface area (TPSA) is 200 Å². The largest absolute Gasteiger partial charge is 0.459 e. The van der Waals surface area contributed by atoms with Gasteiger partial charge in [-0.15, -0.1) is 0 Å². The summed E-state index contributed by atoms with van der Waals surface area (Å²) in [6, 6.07) is -0.343. The second-order valence-corrected chi connectivity index (χ2v) is 17.4. The average molecular weight is 790 g/mol. The van der Waals surface area contributed by atoms with E-state index in [9.17, 15) is 34.8 Å². The van der Waals surface area contributed by atoms with Crippen LogP contribution < -0.4 is 0 Å². The first-order chi connectivity index (χ1) is 25.3. The van der Waals surface area contributed by atoms with Gasteiger partial charge in [-0.3, -0.25) is 14.4 Å². The van der Waals surface area contributed by atoms with Crippen LogP contribution in [0.4, 0.5) is 0 Å². The Hall–Kier alpha value is -1.63. The summed E-state index contributed by atoms with van der Waals surface area (Å²) in [7, 11) is 5.18. The Bertz CT molecular complexity index is 1300. The number of rotatable bonds is 10. The zero-order valence-corrected chi connectivity index (χ0v) is 35.5. The molecule has 0 radical (unpaired) electrons. The van der Waals surface area contributed by atoms with Crippen LogP contribution in [0.3, 0.4) is 0 Å². The minimum atomic E-state index is -2.02. The lowest BCUT2D eigenvalue weighted by Gasteiger charge is -2.50. The van der Waals surface area contributed by atoms with Crippen molar-refractivity contribution in [3.63, 3.8) is 0 Å². The summed E-state index contributed by atoms with van der Waals surface area (Å²) in [5.74, 6) is -5.27. The molecule has 0 aromatic heterocycles. The van der Waals surface area contributed by atoms with Crippen molar-refractivity contribution in [1.82, 2.24) is 4.90 Å². The van der Waals surface area contributed by atoms with Gasteiger partial charge in [0, 0.05) is 37.3 Å². The molecule has 3 rings (SSSR count).